The summed E-state index contributed by atoms with van der Waals surface area (Å²) < 4.78 is 10.5. The number of thiocarbonyl (C=S) groups is 1. The van der Waals surface area contributed by atoms with Gasteiger partial charge in [0, 0.05) is 29.9 Å². The van der Waals surface area contributed by atoms with Crippen molar-refractivity contribution in [2.75, 3.05) is 39.5 Å². The first kappa shape index (κ1) is 20.7. The van der Waals surface area contributed by atoms with Crippen LogP contribution >= 0.6 is 23.8 Å². The van der Waals surface area contributed by atoms with E-state index in [0.717, 1.165) is 42.1 Å². The Morgan fingerprint density at radius 3 is 2.69 bits per heavy atom. The lowest BCUT2D eigenvalue weighted by Gasteiger charge is -2.30. The van der Waals surface area contributed by atoms with Crippen molar-refractivity contribution in [2.24, 2.45) is 0 Å². The molecule has 0 aromatic heterocycles. The minimum absolute atomic E-state index is 0.104. The van der Waals surface area contributed by atoms with E-state index in [-0.39, 0.29) is 12.5 Å². The van der Waals surface area contributed by atoms with Gasteiger partial charge in [0.15, 0.2) is 0 Å². The molecule has 1 heterocycles. The van der Waals surface area contributed by atoms with E-state index in [0.29, 0.717) is 24.8 Å². The Morgan fingerprint density at radius 2 is 2.04 bits per heavy atom. The van der Waals surface area contributed by atoms with E-state index in [1.165, 1.54) is 0 Å². The molecule has 5 nitrogen and oxygen atoms in total. The first-order chi connectivity index (χ1) is 12.6. The fraction of sp³-hybridized carbons (Fsp3) is 0.474. The quantitative estimate of drug-likeness (QED) is 0.315. The van der Waals surface area contributed by atoms with Crippen LogP contribution in [0.3, 0.4) is 0 Å². The van der Waals surface area contributed by atoms with Crippen LogP contribution in [0.1, 0.15) is 25.3 Å². The highest BCUT2D eigenvalue weighted by molar-refractivity contribution is 7.81. The van der Waals surface area contributed by atoms with Crippen LogP contribution < -0.4 is 5.32 Å². The standard InChI is InChI=1S/C19H25ClN2O3S/c1-2-3-10-25-18(23)14-21-13-17(15-4-6-16(20)7-5-15)19(26)22-8-11-24-12-9-22/h4-7,13,21H,2-3,8-12,14H2,1H3/b17-13+. The van der Waals surface area contributed by atoms with E-state index in [4.69, 9.17) is 33.3 Å². The second-order valence-electron chi connectivity index (χ2n) is 5.92. The Hall–Kier alpha value is -1.63. The molecule has 142 valence electrons. The SMILES string of the molecule is CCCCOC(=O)CN/C=C(/C(=S)N1CCOCC1)c1ccc(Cl)cc1. The van der Waals surface area contributed by atoms with Gasteiger partial charge in [-0.3, -0.25) is 4.79 Å². The fourth-order valence-electron chi connectivity index (χ4n) is 2.45. The van der Waals surface area contributed by atoms with Gasteiger partial charge in [0.1, 0.15) is 11.5 Å². The van der Waals surface area contributed by atoms with E-state index in [2.05, 4.69) is 17.1 Å². The van der Waals surface area contributed by atoms with Gasteiger partial charge < -0.3 is 19.7 Å². The van der Waals surface area contributed by atoms with Gasteiger partial charge >= 0.3 is 5.97 Å². The number of nitrogens with one attached hydrogen (secondary N) is 1. The number of carbonyl (C=O) groups is 1. The molecule has 1 aliphatic heterocycles. The molecule has 7 heteroatoms. The maximum atomic E-state index is 11.8. The van der Waals surface area contributed by atoms with Gasteiger partial charge in [-0.05, 0) is 24.1 Å². The number of unbranched alkanes of at least 4 members (excludes halogenated alkanes) is 1. The molecule has 0 aliphatic carbocycles. The van der Waals surface area contributed by atoms with Crippen molar-refractivity contribution in [1.82, 2.24) is 10.2 Å². The maximum absolute atomic E-state index is 11.8. The summed E-state index contributed by atoms with van der Waals surface area (Å²) in [7, 11) is 0. The first-order valence-electron chi connectivity index (χ1n) is 8.84. The van der Waals surface area contributed by atoms with Gasteiger partial charge in [-0.15, -0.1) is 0 Å². The molecule has 0 spiro atoms. The number of rotatable bonds is 8. The largest absolute Gasteiger partial charge is 0.464 e. The third kappa shape index (κ3) is 6.59. The van der Waals surface area contributed by atoms with Gasteiger partial charge in [-0.2, -0.15) is 0 Å². The molecule has 1 aromatic rings. The zero-order valence-electron chi connectivity index (χ0n) is 15.0. The van der Waals surface area contributed by atoms with Crippen LogP contribution in [0, 0.1) is 0 Å². The van der Waals surface area contributed by atoms with Crippen molar-refractivity contribution in [3.05, 3.63) is 41.1 Å². The highest BCUT2D eigenvalue weighted by atomic mass is 35.5. The summed E-state index contributed by atoms with van der Waals surface area (Å²) in [6, 6.07) is 7.49. The molecule has 0 unspecified atom stereocenters. The fourth-order valence-corrected chi connectivity index (χ4v) is 2.94. The second kappa shape index (κ2) is 11.2. The molecule has 1 N–H and O–H groups in total. The third-order valence-corrected chi connectivity index (χ3v) is 4.67. The van der Waals surface area contributed by atoms with Crippen LogP contribution in [0.2, 0.25) is 5.02 Å². The van der Waals surface area contributed by atoms with Crippen molar-refractivity contribution in [3.8, 4) is 0 Å². The zero-order chi connectivity index (χ0) is 18.8. The summed E-state index contributed by atoms with van der Waals surface area (Å²) in [6.07, 6.45) is 3.65. The van der Waals surface area contributed by atoms with E-state index >= 15 is 0 Å². The van der Waals surface area contributed by atoms with Crippen LogP contribution in [-0.2, 0) is 14.3 Å². The lowest BCUT2D eigenvalue weighted by atomic mass is 10.1. The number of hydrogen-bond donors (Lipinski definition) is 1. The van der Waals surface area contributed by atoms with Crippen molar-refractivity contribution < 1.29 is 14.3 Å². The third-order valence-electron chi connectivity index (χ3n) is 3.94. The van der Waals surface area contributed by atoms with Gasteiger partial charge in [-0.1, -0.05) is 49.3 Å². The molecular weight excluding hydrogens is 372 g/mol. The normalized spacial score (nSPS) is 14.8. The van der Waals surface area contributed by atoms with Crippen molar-refractivity contribution >= 4 is 40.3 Å². The Bertz CT molecular complexity index is 628. The minimum atomic E-state index is -0.276. The number of morpholine rings is 1. The average Bonchev–Trinajstić information content (AvgIpc) is 2.67. The van der Waals surface area contributed by atoms with Crippen molar-refractivity contribution in [1.29, 1.82) is 0 Å². The maximum Gasteiger partial charge on any atom is 0.325 e. The van der Waals surface area contributed by atoms with Crippen LogP contribution in [-0.4, -0.2) is 55.3 Å². The van der Waals surface area contributed by atoms with Crippen LogP contribution in [0.5, 0.6) is 0 Å². The predicted octanol–water partition coefficient (Wildman–Crippen LogP) is 3.27. The molecule has 0 saturated carbocycles. The van der Waals surface area contributed by atoms with Crippen molar-refractivity contribution in [3.63, 3.8) is 0 Å². The van der Waals surface area contributed by atoms with Gasteiger partial charge in [-0.25, -0.2) is 0 Å². The molecule has 26 heavy (non-hydrogen) atoms. The lowest BCUT2D eigenvalue weighted by Crippen LogP contribution is -2.40. The molecule has 0 bridgehead atoms. The number of halogens is 1. The summed E-state index contributed by atoms with van der Waals surface area (Å²) in [5, 5.41) is 3.69. The number of benzene rings is 1. The first-order valence-corrected chi connectivity index (χ1v) is 9.62. The van der Waals surface area contributed by atoms with Crippen LogP contribution in [0.4, 0.5) is 0 Å². The topological polar surface area (TPSA) is 50.8 Å². The predicted molar refractivity (Wildman–Crippen MR) is 108 cm³/mol. The van der Waals surface area contributed by atoms with Gasteiger partial charge in [0.25, 0.3) is 0 Å². The molecule has 0 atom stereocenters. The minimum Gasteiger partial charge on any atom is -0.464 e. The molecular formula is C19H25ClN2O3S. The van der Waals surface area contributed by atoms with E-state index < -0.39 is 0 Å². The number of nitrogens with zero attached hydrogens (tertiary/aromatic N) is 1. The lowest BCUT2D eigenvalue weighted by molar-refractivity contribution is -0.142. The molecule has 0 amide bonds. The Kier molecular flexibility index (Phi) is 8.88. The Morgan fingerprint density at radius 1 is 1.35 bits per heavy atom. The summed E-state index contributed by atoms with van der Waals surface area (Å²) in [5.74, 6) is -0.276. The monoisotopic (exact) mass is 396 g/mol. The van der Waals surface area contributed by atoms with E-state index in [1.807, 2.05) is 24.3 Å². The van der Waals surface area contributed by atoms with Gasteiger partial charge in [0.05, 0.1) is 19.8 Å². The summed E-state index contributed by atoms with van der Waals surface area (Å²) in [6.45, 7) is 5.44. The molecule has 1 saturated heterocycles. The summed E-state index contributed by atoms with van der Waals surface area (Å²) in [4.78, 5) is 14.6. The molecule has 1 fully saturated rings. The van der Waals surface area contributed by atoms with Gasteiger partial charge in [0.2, 0.25) is 0 Å². The average molecular weight is 397 g/mol. The Labute approximate surface area is 165 Å². The summed E-state index contributed by atoms with van der Waals surface area (Å²) in [5.41, 5.74) is 1.79. The second-order valence-corrected chi connectivity index (χ2v) is 6.75. The number of ether oxygens (including phenoxy) is 2. The highest BCUT2D eigenvalue weighted by Crippen LogP contribution is 2.21. The molecule has 1 aromatic carbocycles. The summed E-state index contributed by atoms with van der Waals surface area (Å²) >= 11 is 11.7. The van der Waals surface area contributed by atoms with E-state index in [9.17, 15) is 4.79 Å². The number of esters is 1. The Balaban J connectivity index is 2.05. The smallest absolute Gasteiger partial charge is 0.325 e. The van der Waals surface area contributed by atoms with Crippen LogP contribution in [0.25, 0.3) is 5.57 Å². The molecule has 2 rings (SSSR count). The molecule has 0 radical (unpaired) electrons. The number of carbonyl (C=O) groups excluding carboxylic acids is 1. The van der Waals surface area contributed by atoms with Crippen LogP contribution in [0.15, 0.2) is 30.5 Å². The van der Waals surface area contributed by atoms with E-state index in [1.54, 1.807) is 6.20 Å². The molecule has 1 aliphatic rings. The van der Waals surface area contributed by atoms with Crippen molar-refractivity contribution in [2.45, 2.75) is 19.8 Å². The zero-order valence-corrected chi connectivity index (χ0v) is 16.6. The number of hydrogen-bond acceptors (Lipinski definition) is 5. The highest BCUT2D eigenvalue weighted by Gasteiger charge is 2.18.